The molecule has 0 amide bonds. The summed E-state index contributed by atoms with van der Waals surface area (Å²) in [5.41, 5.74) is 13.3. The molecule has 0 aliphatic rings. The highest BCUT2D eigenvalue weighted by atomic mass is 16.3. The molecule has 0 atom stereocenters. The van der Waals surface area contributed by atoms with E-state index in [1.807, 2.05) is 6.07 Å². The van der Waals surface area contributed by atoms with Crippen molar-refractivity contribution in [2.24, 2.45) is 0 Å². The number of hydrogen-bond donors (Lipinski definition) is 0. The zero-order valence-electron chi connectivity index (χ0n) is 29.9. The van der Waals surface area contributed by atoms with E-state index in [1.165, 1.54) is 32.9 Å². The predicted molar refractivity (Wildman–Crippen MR) is 231 cm³/mol. The predicted octanol–water partition coefficient (Wildman–Crippen LogP) is 14.6. The number of benzene rings is 9. The van der Waals surface area contributed by atoms with Crippen molar-refractivity contribution in [3.05, 3.63) is 206 Å². The van der Waals surface area contributed by atoms with Gasteiger partial charge < -0.3 is 13.9 Å². The molecule has 0 saturated heterocycles. The number of furan rings is 1. The quantitative estimate of drug-likeness (QED) is 0.172. The van der Waals surface area contributed by atoms with E-state index in [-0.39, 0.29) is 0 Å². The number of fused-ring (bicyclic) bond motifs is 8. The molecule has 0 N–H and O–H groups in total. The molecule has 0 bridgehead atoms. The van der Waals surface area contributed by atoms with E-state index in [1.54, 1.807) is 0 Å². The number of rotatable bonds is 6. The van der Waals surface area contributed by atoms with Gasteiger partial charge in [-0.3, -0.25) is 0 Å². The van der Waals surface area contributed by atoms with E-state index in [0.717, 1.165) is 66.6 Å². The van der Waals surface area contributed by atoms with Gasteiger partial charge in [-0.1, -0.05) is 140 Å². The SMILES string of the molecule is c1ccc(-c2ccccc2N(c2ccc(-c3cccc4ccc5c6ccccc6oc5c34)cc2)c2ccc3c(c2)c2ccccc2n3-c2ccccc2)cc1. The molecular formula is C52H34N2O. The molecule has 11 rings (SSSR count). The molecule has 258 valence electrons. The highest BCUT2D eigenvalue weighted by Gasteiger charge is 2.21. The van der Waals surface area contributed by atoms with Crippen LogP contribution in [0.25, 0.3) is 82.5 Å². The summed E-state index contributed by atoms with van der Waals surface area (Å²) in [6.07, 6.45) is 0. The second-order valence-corrected chi connectivity index (χ2v) is 14.1. The molecule has 0 aliphatic carbocycles. The van der Waals surface area contributed by atoms with Crippen LogP contribution in [0.2, 0.25) is 0 Å². The lowest BCUT2D eigenvalue weighted by Gasteiger charge is -2.28. The van der Waals surface area contributed by atoms with Crippen LogP contribution < -0.4 is 4.90 Å². The maximum absolute atomic E-state index is 6.55. The van der Waals surface area contributed by atoms with Crippen molar-refractivity contribution in [1.29, 1.82) is 0 Å². The van der Waals surface area contributed by atoms with Crippen LogP contribution in [-0.2, 0) is 0 Å². The summed E-state index contributed by atoms with van der Waals surface area (Å²) in [6, 6.07) is 73.9. The Hall–Kier alpha value is -7.36. The van der Waals surface area contributed by atoms with Crippen LogP contribution in [0.1, 0.15) is 0 Å². The molecule has 0 spiro atoms. The Kier molecular flexibility index (Phi) is 7.17. The largest absolute Gasteiger partial charge is 0.455 e. The smallest absolute Gasteiger partial charge is 0.143 e. The van der Waals surface area contributed by atoms with Gasteiger partial charge in [-0.25, -0.2) is 0 Å². The molecule has 3 nitrogen and oxygen atoms in total. The minimum Gasteiger partial charge on any atom is -0.455 e. The molecule has 55 heavy (non-hydrogen) atoms. The van der Waals surface area contributed by atoms with Gasteiger partial charge in [-0.2, -0.15) is 0 Å². The first-order valence-electron chi connectivity index (χ1n) is 18.8. The van der Waals surface area contributed by atoms with Crippen molar-refractivity contribution in [2.75, 3.05) is 4.90 Å². The summed E-state index contributed by atoms with van der Waals surface area (Å²) in [5.74, 6) is 0. The van der Waals surface area contributed by atoms with Crippen LogP contribution in [0.5, 0.6) is 0 Å². The average Bonchev–Trinajstić information content (AvgIpc) is 3.80. The summed E-state index contributed by atoms with van der Waals surface area (Å²) in [7, 11) is 0. The van der Waals surface area contributed by atoms with Crippen molar-refractivity contribution in [1.82, 2.24) is 4.57 Å². The standard InChI is InChI=1S/C52H34N2O/c1-3-14-35(15-4-1)41-19-7-10-23-47(41)53(40-31-33-49-46(34-40)43-20-8-11-24-48(43)54(49)38-17-5-2-6-18-38)39-29-26-36(27-30-39)42-22-13-16-37-28-32-45-44-21-9-12-25-50(44)55-52(45)51(37)42/h1-34H. The third-order valence-electron chi connectivity index (χ3n) is 11.0. The Morgan fingerprint density at radius 2 is 1.05 bits per heavy atom. The van der Waals surface area contributed by atoms with E-state index in [0.29, 0.717) is 0 Å². The Morgan fingerprint density at radius 3 is 1.91 bits per heavy atom. The van der Waals surface area contributed by atoms with Gasteiger partial charge in [0, 0.05) is 49.6 Å². The van der Waals surface area contributed by atoms with Gasteiger partial charge in [0.1, 0.15) is 11.2 Å². The first-order chi connectivity index (χ1) is 27.3. The first-order valence-corrected chi connectivity index (χ1v) is 18.8. The van der Waals surface area contributed by atoms with E-state index < -0.39 is 0 Å². The fraction of sp³-hybridized carbons (Fsp3) is 0. The van der Waals surface area contributed by atoms with E-state index in [9.17, 15) is 0 Å². The molecule has 0 aliphatic heterocycles. The molecular weight excluding hydrogens is 669 g/mol. The molecule has 3 heteroatoms. The van der Waals surface area contributed by atoms with Gasteiger partial charge >= 0.3 is 0 Å². The topological polar surface area (TPSA) is 21.3 Å². The van der Waals surface area contributed by atoms with Crippen LogP contribution in [0, 0.1) is 0 Å². The summed E-state index contributed by atoms with van der Waals surface area (Å²) in [5, 5.41) is 7.01. The van der Waals surface area contributed by atoms with Gasteiger partial charge in [0.05, 0.1) is 16.7 Å². The third kappa shape index (κ3) is 5.05. The third-order valence-corrected chi connectivity index (χ3v) is 11.0. The monoisotopic (exact) mass is 702 g/mol. The van der Waals surface area contributed by atoms with Crippen LogP contribution in [0.3, 0.4) is 0 Å². The molecule has 0 fully saturated rings. The van der Waals surface area contributed by atoms with Gasteiger partial charge in [-0.05, 0) is 88.8 Å². The van der Waals surface area contributed by atoms with E-state index >= 15 is 0 Å². The molecule has 0 saturated carbocycles. The highest BCUT2D eigenvalue weighted by Crippen LogP contribution is 2.45. The highest BCUT2D eigenvalue weighted by molar-refractivity contribution is 6.19. The van der Waals surface area contributed by atoms with Crippen molar-refractivity contribution >= 4 is 71.6 Å². The second-order valence-electron chi connectivity index (χ2n) is 14.1. The first kappa shape index (κ1) is 31.2. The minimum absolute atomic E-state index is 0.909. The molecule has 2 aromatic heterocycles. The molecule has 0 radical (unpaired) electrons. The lowest BCUT2D eigenvalue weighted by atomic mass is 9.96. The Bertz CT molecular complexity index is 3190. The normalized spacial score (nSPS) is 11.6. The molecule has 0 unspecified atom stereocenters. The van der Waals surface area contributed by atoms with Gasteiger partial charge in [0.15, 0.2) is 0 Å². The fourth-order valence-electron chi connectivity index (χ4n) is 8.50. The maximum Gasteiger partial charge on any atom is 0.143 e. The average molecular weight is 703 g/mol. The lowest BCUT2D eigenvalue weighted by molar-refractivity contribution is 0.673. The number of hydrogen-bond acceptors (Lipinski definition) is 2. The summed E-state index contributed by atoms with van der Waals surface area (Å²) in [6.45, 7) is 0. The van der Waals surface area contributed by atoms with Gasteiger partial charge in [-0.15, -0.1) is 0 Å². The molecule has 2 heterocycles. The number of anilines is 3. The van der Waals surface area contributed by atoms with E-state index in [4.69, 9.17) is 4.42 Å². The minimum atomic E-state index is 0.909. The summed E-state index contributed by atoms with van der Waals surface area (Å²) >= 11 is 0. The maximum atomic E-state index is 6.55. The fourth-order valence-corrected chi connectivity index (χ4v) is 8.50. The Balaban J connectivity index is 1.11. The van der Waals surface area contributed by atoms with Crippen LogP contribution >= 0.6 is 0 Å². The summed E-state index contributed by atoms with van der Waals surface area (Å²) < 4.78 is 8.92. The van der Waals surface area contributed by atoms with Crippen LogP contribution in [0.4, 0.5) is 17.1 Å². The zero-order valence-corrected chi connectivity index (χ0v) is 29.9. The second kappa shape index (κ2) is 12.6. The Labute approximate surface area is 318 Å². The van der Waals surface area contributed by atoms with Crippen molar-refractivity contribution < 1.29 is 4.42 Å². The van der Waals surface area contributed by atoms with Crippen molar-refractivity contribution in [3.8, 4) is 27.9 Å². The van der Waals surface area contributed by atoms with Crippen LogP contribution in [-0.4, -0.2) is 4.57 Å². The van der Waals surface area contributed by atoms with Crippen LogP contribution in [0.15, 0.2) is 211 Å². The van der Waals surface area contributed by atoms with Gasteiger partial charge in [0.25, 0.3) is 0 Å². The lowest BCUT2D eigenvalue weighted by Crippen LogP contribution is -2.11. The van der Waals surface area contributed by atoms with Crippen molar-refractivity contribution in [3.63, 3.8) is 0 Å². The summed E-state index contributed by atoms with van der Waals surface area (Å²) in [4.78, 5) is 2.40. The van der Waals surface area contributed by atoms with Gasteiger partial charge in [0.2, 0.25) is 0 Å². The number of aromatic nitrogens is 1. The Morgan fingerprint density at radius 1 is 0.400 bits per heavy atom. The number of nitrogens with zero attached hydrogens (tertiary/aromatic N) is 2. The zero-order chi connectivity index (χ0) is 36.3. The van der Waals surface area contributed by atoms with E-state index in [2.05, 4.69) is 210 Å². The molecule has 9 aromatic carbocycles. The van der Waals surface area contributed by atoms with Crippen molar-refractivity contribution in [2.45, 2.75) is 0 Å². The number of para-hydroxylation sites is 4. The molecule has 11 aromatic rings.